The first kappa shape index (κ1) is 63.5. The highest BCUT2D eigenvalue weighted by molar-refractivity contribution is 5.69. The Kier molecular flexibility index (Phi) is 19.9. The minimum absolute atomic E-state index is 0.00282. The minimum Gasteiger partial charge on any atom is -0.463 e. The predicted molar refractivity (Wildman–Crippen MR) is 277 cm³/mol. The molecule has 2 heterocycles. The second-order valence-corrected chi connectivity index (χ2v) is 24.9. The number of esters is 8. The van der Waals surface area contributed by atoms with Crippen molar-refractivity contribution in [1.82, 2.24) is 0 Å². The van der Waals surface area contributed by atoms with Crippen molar-refractivity contribution in [2.75, 3.05) is 13.2 Å². The van der Waals surface area contributed by atoms with Crippen LogP contribution in [0.15, 0.2) is 11.6 Å². The fourth-order valence-electron chi connectivity index (χ4n) is 15.6. The Labute approximate surface area is 464 Å². The van der Waals surface area contributed by atoms with E-state index in [1.165, 1.54) is 19.4 Å². The number of carbonyl (C=O) groups is 8. The Bertz CT molecular complexity index is 2310. The fourth-order valence-corrected chi connectivity index (χ4v) is 15.6. The van der Waals surface area contributed by atoms with Crippen LogP contribution in [-0.4, -0.2) is 145 Å². The average Bonchev–Trinajstić information content (AvgIpc) is 3.90. The molecule has 0 spiro atoms. The van der Waals surface area contributed by atoms with Crippen molar-refractivity contribution in [2.24, 2.45) is 45.3 Å². The van der Waals surface area contributed by atoms with E-state index >= 15 is 0 Å². The van der Waals surface area contributed by atoms with Crippen molar-refractivity contribution in [2.45, 2.75) is 248 Å². The molecule has 0 aromatic rings. The topological polar surface area (TPSA) is 268 Å². The van der Waals surface area contributed by atoms with Crippen LogP contribution in [0.2, 0.25) is 0 Å². The van der Waals surface area contributed by atoms with Gasteiger partial charge in [0.25, 0.3) is 0 Å². The summed E-state index contributed by atoms with van der Waals surface area (Å²) in [5, 5.41) is 12.3. The van der Waals surface area contributed by atoms with Gasteiger partial charge >= 0.3 is 47.8 Å². The molecule has 0 bridgehead atoms. The van der Waals surface area contributed by atoms with Gasteiger partial charge in [0.1, 0.15) is 31.5 Å². The summed E-state index contributed by atoms with van der Waals surface area (Å²) in [7, 11) is 0. The van der Waals surface area contributed by atoms with Crippen molar-refractivity contribution < 1.29 is 100 Å². The van der Waals surface area contributed by atoms with E-state index in [9.17, 15) is 43.5 Å². The van der Waals surface area contributed by atoms with Crippen LogP contribution in [0.25, 0.3) is 0 Å². The van der Waals surface area contributed by atoms with Gasteiger partial charge in [-0.15, -0.1) is 0 Å². The highest BCUT2D eigenvalue weighted by Gasteiger charge is 2.72. The molecule has 0 radical (unpaired) electrons. The molecular weight excluding hydrogens is 1030 g/mol. The molecule has 6 aliphatic rings. The summed E-state index contributed by atoms with van der Waals surface area (Å²) in [6, 6.07) is 0. The van der Waals surface area contributed by atoms with Gasteiger partial charge in [-0.25, -0.2) is 0 Å². The molecule has 0 aromatic carbocycles. The molecule has 21 nitrogen and oxygen atoms in total. The first-order valence-corrected chi connectivity index (χ1v) is 27.9. The standard InChI is InChI=1S/C58H88O21/c1-29(2)18-17-22-58(16,67)38-19-24-57(15)45(38)39(70-32(5)61)26-43-55(13)23-21-44(54(11,12)42(55)20-25-56(43,57)14)78-52-51(49(74-36(9)65)47(72-34(7)63)40(76-52)27-68-30(3)59)79-53-50(75-37(10)66)48(73-35(8)64)46(71-33(6)62)41(77-53)28-69-31(4)60/h18,38-53,67H,17,19-28H2,1-16H3/t38?,39-,40+,41+,42?,43?,44?,45?,46+,47+,48-,49-,50+,51+,52-,53?,55+,56-,57-,58-/m0/s1. The molecule has 0 aromatic heterocycles. The van der Waals surface area contributed by atoms with Gasteiger partial charge in [-0.3, -0.25) is 38.4 Å². The first-order valence-electron chi connectivity index (χ1n) is 27.9. The summed E-state index contributed by atoms with van der Waals surface area (Å²) in [5.41, 5.74) is -1.29. The van der Waals surface area contributed by atoms with Crippen molar-refractivity contribution >= 4 is 47.8 Å². The molecule has 2 saturated heterocycles. The smallest absolute Gasteiger partial charge is 0.303 e. The monoisotopic (exact) mass is 1120 g/mol. The molecule has 1 N–H and O–H groups in total. The number of hydrogen-bond acceptors (Lipinski definition) is 21. The molecule has 20 atom stereocenters. The zero-order chi connectivity index (χ0) is 58.9. The maximum atomic E-state index is 13.2. The van der Waals surface area contributed by atoms with E-state index < -0.39 is 140 Å². The zero-order valence-electron chi connectivity index (χ0n) is 49.2. The van der Waals surface area contributed by atoms with E-state index in [0.717, 1.165) is 73.6 Å². The molecule has 4 aliphatic carbocycles. The van der Waals surface area contributed by atoms with Crippen molar-refractivity contribution in [3.05, 3.63) is 11.6 Å². The first-order chi connectivity index (χ1) is 36.7. The number of hydrogen-bond donors (Lipinski definition) is 1. The van der Waals surface area contributed by atoms with Crippen molar-refractivity contribution in [1.29, 1.82) is 0 Å². The van der Waals surface area contributed by atoms with E-state index in [2.05, 4.69) is 54.5 Å². The van der Waals surface area contributed by atoms with Crippen LogP contribution in [0.4, 0.5) is 0 Å². The van der Waals surface area contributed by atoms with Crippen LogP contribution in [0, 0.1) is 45.3 Å². The van der Waals surface area contributed by atoms with Crippen LogP contribution >= 0.6 is 0 Å². The summed E-state index contributed by atoms with van der Waals surface area (Å²) in [6.07, 6.45) is -8.46. The second kappa shape index (κ2) is 24.8. The number of rotatable bonds is 18. The zero-order valence-corrected chi connectivity index (χ0v) is 49.2. The highest BCUT2D eigenvalue weighted by Crippen LogP contribution is 2.76. The number of fused-ring (bicyclic) bond motifs is 5. The van der Waals surface area contributed by atoms with Gasteiger partial charge in [0.15, 0.2) is 49.2 Å². The molecule has 79 heavy (non-hydrogen) atoms. The Morgan fingerprint density at radius 1 is 0.532 bits per heavy atom. The van der Waals surface area contributed by atoms with Gasteiger partial charge in [0, 0.05) is 61.3 Å². The lowest BCUT2D eigenvalue weighted by Crippen LogP contribution is -2.69. The Morgan fingerprint density at radius 2 is 0.987 bits per heavy atom. The van der Waals surface area contributed by atoms with E-state index in [1.807, 2.05) is 6.92 Å². The minimum atomic E-state index is -1.84. The molecule has 446 valence electrons. The molecule has 4 saturated carbocycles. The quantitative estimate of drug-likeness (QED) is 0.0646. The van der Waals surface area contributed by atoms with E-state index in [1.54, 1.807) is 0 Å². The van der Waals surface area contributed by atoms with Gasteiger partial charge in [-0.1, -0.05) is 46.3 Å². The van der Waals surface area contributed by atoms with Crippen LogP contribution < -0.4 is 0 Å². The predicted octanol–water partition coefficient (Wildman–Crippen LogP) is 6.72. The number of ether oxygens (including phenoxy) is 12. The second-order valence-electron chi connectivity index (χ2n) is 24.9. The molecule has 6 unspecified atom stereocenters. The fraction of sp³-hybridized carbons (Fsp3) is 0.828. The molecule has 6 rings (SSSR count). The summed E-state index contributed by atoms with van der Waals surface area (Å²) < 4.78 is 73.0. The Hall–Kier alpha value is -4.70. The maximum Gasteiger partial charge on any atom is 0.303 e. The Balaban J connectivity index is 1.42. The Morgan fingerprint density at radius 3 is 1.47 bits per heavy atom. The lowest BCUT2D eigenvalue weighted by molar-refractivity contribution is -0.379. The summed E-state index contributed by atoms with van der Waals surface area (Å²) in [5.74, 6) is -6.24. The molecular formula is C58H88O21. The largest absolute Gasteiger partial charge is 0.463 e. The van der Waals surface area contributed by atoms with Gasteiger partial charge < -0.3 is 61.9 Å². The third-order valence-electron chi connectivity index (χ3n) is 18.8. The molecule has 6 fully saturated rings. The SMILES string of the molecule is CC(=O)OC[C@H]1O[C@@H](OC2CC[C@]3(C)C(CC[C@@]4(C)C3C[C@H](OC(C)=O)C3C([C@@](C)(O)CCC=C(C)C)CC[C@@]34C)C2(C)C)[C@H](OC2O[C@H](COC(C)=O)[C@@H](OC(C)=O)[C@H](OC(C)=O)[C@H]2OC(C)=O)[C@@H](OC(C)=O)[C@@H]1OC(C)=O. The lowest BCUT2D eigenvalue weighted by Gasteiger charge is -2.71. The summed E-state index contributed by atoms with van der Waals surface area (Å²) >= 11 is 0. The van der Waals surface area contributed by atoms with Crippen molar-refractivity contribution in [3.63, 3.8) is 0 Å². The third kappa shape index (κ3) is 13.6. The van der Waals surface area contributed by atoms with Gasteiger partial charge in [-0.05, 0) is 118 Å². The van der Waals surface area contributed by atoms with Gasteiger partial charge in [0.05, 0.1) is 11.7 Å². The van der Waals surface area contributed by atoms with E-state index in [0.29, 0.717) is 25.7 Å². The van der Waals surface area contributed by atoms with Crippen LogP contribution in [0.1, 0.15) is 169 Å². The third-order valence-corrected chi connectivity index (χ3v) is 18.8. The highest BCUT2D eigenvalue weighted by atomic mass is 16.8. The maximum absolute atomic E-state index is 13.2. The average molecular weight is 1120 g/mol. The number of allylic oxidation sites excluding steroid dienone is 2. The summed E-state index contributed by atoms with van der Waals surface area (Å²) in [4.78, 5) is 102. The number of carbonyl (C=O) groups excluding carboxylic acids is 8. The molecule has 0 amide bonds. The summed E-state index contributed by atoms with van der Waals surface area (Å²) in [6.45, 7) is 25.6. The molecule has 21 heteroatoms. The lowest BCUT2D eigenvalue weighted by atomic mass is 9.35. The van der Waals surface area contributed by atoms with Crippen molar-refractivity contribution in [3.8, 4) is 0 Å². The van der Waals surface area contributed by atoms with E-state index in [-0.39, 0.29) is 45.9 Å². The van der Waals surface area contributed by atoms with Gasteiger partial charge in [0.2, 0.25) is 0 Å². The van der Waals surface area contributed by atoms with Crippen LogP contribution in [0.3, 0.4) is 0 Å². The normalized spacial score (nSPS) is 39.1. The van der Waals surface area contributed by atoms with Crippen LogP contribution in [0.5, 0.6) is 0 Å². The molecule has 2 aliphatic heterocycles. The van der Waals surface area contributed by atoms with Gasteiger partial charge in [-0.2, -0.15) is 0 Å². The number of aliphatic hydroxyl groups is 1. The van der Waals surface area contributed by atoms with Crippen LogP contribution in [-0.2, 0) is 95.2 Å². The van der Waals surface area contributed by atoms with E-state index in [4.69, 9.17) is 56.8 Å².